The number of anilines is 1. The van der Waals surface area contributed by atoms with Gasteiger partial charge in [-0.25, -0.2) is 4.98 Å². The molecule has 2 aromatic heterocycles. The van der Waals surface area contributed by atoms with Crippen LogP contribution < -0.4 is 11.1 Å². The number of nitrogen functional groups attached to an aromatic ring is 1. The van der Waals surface area contributed by atoms with Gasteiger partial charge in [-0.1, -0.05) is 6.42 Å². The van der Waals surface area contributed by atoms with E-state index in [9.17, 15) is 0 Å². The molecule has 1 aliphatic heterocycles. The number of hydrogen-bond donors (Lipinski definition) is 3. The van der Waals surface area contributed by atoms with Crippen LogP contribution in [-0.2, 0) is 0 Å². The maximum Gasteiger partial charge on any atom is 0.161 e. The quantitative estimate of drug-likeness (QED) is 0.736. The molecule has 2 aromatic rings. The highest BCUT2D eigenvalue weighted by Gasteiger charge is 2.27. The van der Waals surface area contributed by atoms with Crippen LogP contribution in [0.15, 0.2) is 17.4 Å². The summed E-state index contributed by atoms with van der Waals surface area (Å²) >= 11 is 0. The van der Waals surface area contributed by atoms with E-state index < -0.39 is 0 Å². The van der Waals surface area contributed by atoms with E-state index in [0.717, 1.165) is 49.1 Å². The summed E-state index contributed by atoms with van der Waals surface area (Å²) in [6.07, 6.45) is 8.28. The predicted molar refractivity (Wildman–Crippen MR) is 101 cm³/mol. The van der Waals surface area contributed by atoms with Crippen molar-refractivity contribution in [3.05, 3.63) is 23.5 Å². The average molecular weight is 357 g/mol. The number of nitrogens with two attached hydrogens (primary N) is 1. The SMILES string of the molecule is CN1CC(c2cnn3c(N)cc([C@H]4CCC[C@@H](NCCO)C4)nc23)C=N1. The molecular weight excluding hydrogens is 330 g/mol. The molecule has 140 valence electrons. The monoisotopic (exact) mass is 357 g/mol. The van der Waals surface area contributed by atoms with Gasteiger partial charge in [-0.2, -0.15) is 14.7 Å². The van der Waals surface area contributed by atoms with E-state index in [-0.39, 0.29) is 12.5 Å². The van der Waals surface area contributed by atoms with Crippen LogP contribution in [0.2, 0.25) is 0 Å². The Morgan fingerprint density at radius 1 is 1.38 bits per heavy atom. The van der Waals surface area contributed by atoms with E-state index in [0.29, 0.717) is 24.3 Å². The van der Waals surface area contributed by atoms with Crippen molar-refractivity contribution < 1.29 is 5.11 Å². The fourth-order valence-corrected chi connectivity index (χ4v) is 4.16. The largest absolute Gasteiger partial charge is 0.395 e. The standard InChI is InChI=1S/C18H27N7O/c1-24-11-13(9-21-24)15-10-22-25-17(19)8-16(23-18(15)25)12-3-2-4-14(7-12)20-5-6-26/h8-10,12-14,20,26H,2-7,11,19H2,1H3/t12-,13?,14+/m0/s1. The highest BCUT2D eigenvalue weighted by Crippen LogP contribution is 2.34. The lowest BCUT2D eigenvalue weighted by Gasteiger charge is -2.29. The molecule has 1 fully saturated rings. The van der Waals surface area contributed by atoms with Crippen LogP contribution in [0, 0.1) is 0 Å². The molecule has 1 unspecified atom stereocenters. The summed E-state index contributed by atoms with van der Waals surface area (Å²) in [5, 5.41) is 23.2. The first-order chi connectivity index (χ1) is 12.7. The number of aliphatic hydroxyl groups excluding tert-OH is 1. The van der Waals surface area contributed by atoms with Crippen LogP contribution in [0.4, 0.5) is 5.82 Å². The van der Waals surface area contributed by atoms with Crippen molar-refractivity contribution in [1.29, 1.82) is 0 Å². The molecule has 2 aliphatic rings. The van der Waals surface area contributed by atoms with E-state index in [1.807, 2.05) is 30.5 Å². The van der Waals surface area contributed by atoms with Gasteiger partial charge in [-0.3, -0.25) is 5.01 Å². The number of hydrogen-bond acceptors (Lipinski definition) is 7. The highest BCUT2D eigenvalue weighted by atomic mass is 16.3. The molecule has 8 nitrogen and oxygen atoms in total. The Kier molecular flexibility index (Phi) is 4.78. The molecule has 0 bridgehead atoms. The van der Waals surface area contributed by atoms with Gasteiger partial charge >= 0.3 is 0 Å². The van der Waals surface area contributed by atoms with Gasteiger partial charge in [0.15, 0.2) is 5.65 Å². The topological polar surface area (TPSA) is 104 Å². The first-order valence-electron chi connectivity index (χ1n) is 9.39. The Hall–Kier alpha value is -2.19. The summed E-state index contributed by atoms with van der Waals surface area (Å²) in [7, 11) is 1.97. The number of nitrogens with zero attached hydrogens (tertiary/aromatic N) is 5. The lowest BCUT2D eigenvalue weighted by atomic mass is 9.83. The molecule has 4 rings (SSSR count). The van der Waals surface area contributed by atoms with Crippen molar-refractivity contribution in [3.8, 4) is 0 Å². The maximum absolute atomic E-state index is 9.05. The van der Waals surface area contributed by atoms with Crippen LogP contribution in [0.5, 0.6) is 0 Å². The number of hydrazone groups is 1. The third kappa shape index (κ3) is 3.26. The average Bonchev–Trinajstić information content (AvgIpc) is 3.26. The van der Waals surface area contributed by atoms with Gasteiger partial charge < -0.3 is 16.2 Å². The lowest BCUT2D eigenvalue weighted by molar-refractivity contribution is 0.265. The number of nitrogens with one attached hydrogen (secondary N) is 1. The second kappa shape index (κ2) is 7.20. The Bertz CT molecular complexity index is 802. The van der Waals surface area contributed by atoms with Crippen molar-refractivity contribution in [2.24, 2.45) is 5.10 Å². The molecule has 3 atom stereocenters. The van der Waals surface area contributed by atoms with Gasteiger partial charge in [0.25, 0.3) is 0 Å². The zero-order valence-corrected chi connectivity index (χ0v) is 15.2. The summed E-state index contributed by atoms with van der Waals surface area (Å²) in [4.78, 5) is 4.97. The molecule has 0 aromatic carbocycles. The molecule has 1 aliphatic carbocycles. The number of aromatic nitrogens is 3. The van der Waals surface area contributed by atoms with E-state index >= 15 is 0 Å². The van der Waals surface area contributed by atoms with Crippen LogP contribution in [0.25, 0.3) is 5.65 Å². The minimum atomic E-state index is 0.175. The number of fused-ring (bicyclic) bond motifs is 1. The molecule has 0 spiro atoms. The Balaban J connectivity index is 1.62. The molecular formula is C18H27N7O. The highest BCUT2D eigenvalue weighted by molar-refractivity contribution is 5.74. The van der Waals surface area contributed by atoms with E-state index in [1.165, 1.54) is 0 Å². The number of likely N-dealkylation sites (N-methyl/N-ethyl adjacent to an activating group) is 1. The van der Waals surface area contributed by atoms with Crippen LogP contribution in [0.3, 0.4) is 0 Å². The molecule has 0 amide bonds. The fourth-order valence-electron chi connectivity index (χ4n) is 4.16. The van der Waals surface area contributed by atoms with Crippen molar-refractivity contribution in [2.75, 3.05) is 32.5 Å². The van der Waals surface area contributed by atoms with Gasteiger partial charge in [-0.05, 0) is 19.3 Å². The Morgan fingerprint density at radius 2 is 2.27 bits per heavy atom. The van der Waals surface area contributed by atoms with Gasteiger partial charge in [0.05, 0.1) is 12.8 Å². The van der Waals surface area contributed by atoms with Crippen molar-refractivity contribution >= 4 is 17.7 Å². The van der Waals surface area contributed by atoms with E-state index in [2.05, 4.69) is 15.5 Å². The zero-order valence-electron chi connectivity index (χ0n) is 15.2. The fraction of sp³-hybridized carbons (Fsp3) is 0.611. The molecule has 1 saturated carbocycles. The van der Waals surface area contributed by atoms with E-state index in [1.54, 1.807) is 4.52 Å². The predicted octanol–water partition coefficient (Wildman–Crippen LogP) is 0.934. The Labute approximate surface area is 153 Å². The van der Waals surface area contributed by atoms with Crippen molar-refractivity contribution in [2.45, 2.75) is 43.6 Å². The van der Waals surface area contributed by atoms with Crippen LogP contribution in [0.1, 0.15) is 48.8 Å². The molecule has 3 heterocycles. The molecule has 8 heteroatoms. The summed E-state index contributed by atoms with van der Waals surface area (Å²) in [5.74, 6) is 1.21. The molecule has 4 N–H and O–H groups in total. The van der Waals surface area contributed by atoms with Crippen molar-refractivity contribution in [1.82, 2.24) is 24.9 Å². The molecule has 26 heavy (non-hydrogen) atoms. The second-order valence-corrected chi connectivity index (χ2v) is 7.39. The summed E-state index contributed by atoms with van der Waals surface area (Å²) < 4.78 is 1.73. The molecule has 0 radical (unpaired) electrons. The maximum atomic E-state index is 9.05. The third-order valence-electron chi connectivity index (χ3n) is 5.49. The minimum Gasteiger partial charge on any atom is -0.395 e. The molecule has 0 saturated heterocycles. The summed E-state index contributed by atoms with van der Waals surface area (Å²) in [6, 6.07) is 2.40. The van der Waals surface area contributed by atoms with Crippen LogP contribution in [-0.4, -0.2) is 63.7 Å². The zero-order chi connectivity index (χ0) is 18.1. The second-order valence-electron chi connectivity index (χ2n) is 7.39. The summed E-state index contributed by atoms with van der Waals surface area (Å²) in [5.41, 5.74) is 9.26. The smallest absolute Gasteiger partial charge is 0.161 e. The lowest BCUT2D eigenvalue weighted by Crippen LogP contribution is -2.35. The number of rotatable bonds is 5. The first-order valence-corrected chi connectivity index (χ1v) is 9.39. The first kappa shape index (κ1) is 17.2. The van der Waals surface area contributed by atoms with Gasteiger partial charge in [0.1, 0.15) is 5.82 Å². The number of aliphatic hydroxyl groups is 1. The third-order valence-corrected chi connectivity index (χ3v) is 5.49. The van der Waals surface area contributed by atoms with Gasteiger partial charge in [-0.15, -0.1) is 0 Å². The van der Waals surface area contributed by atoms with Crippen LogP contribution >= 0.6 is 0 Å². The summed E-state index contributed by atoms with van der Waals surface area (Å²) in [6.45, 7) is 1.66. The van der Waals surface area contributed by atoms with Gasteiger partial charge in [0.2, 0.25) is 0 Å². The minimum absolute atomic E-state index is 0.175. The Morgan fingerprint density at radius 3 is 3.04 bits per heavy atom. The van der Waals surface area contributed by atoms with Crippen molar-refractivity contribution in [3.63, 3.8) is 0 Å². The normalized spacial score (nSPS) is 26.1. The van der Waals surface area contributed by atoms with E-state index in [4.69, 9.17) is 15.8 Å². The van der Waals surface area contributed by atoms with Gasteiger partial charge in [0, 0.05) is 61.6 Å².